The Morgan fingerprint density at radius 1 is 1.34 bits per heavy atom. The van der Waals surface area contributed by atoms with Crippen molar-refractivity contribution < 1.29 is 14.6 Å². The van der Waals surface area contributed by atoms with Gasteiger partial charge in [0.25, 0.3) is 5.56 Å². The predicted octanol–water partition coefficient (Wildman–Crippen LogP) is 4.64. The average molecular weight is 415 g/mol. The SMILES string of the molecule is CCc1sc2nc(C(C)C)n(C(C)(C)C(=O)O)c(=O)c2c1-c1cccc(OC)c1. The van der Waals surface area contributed by atoms with E-state index < -0.39 is 11.5 Å². The van der Waals surface area contributed by atoms with Crippen LogP contribution in [-0.2, 0) is 16.8 Å². The molecule has 0 amide bonds. The van der Waals surface area contributed by atoms with Gasteiger partial charge < -0.3 is 9.84 Å². The van der Waals surface area contributed by atoms with Gasteiger partial charge in [-0.15, -0.1) is 11.3 Å². The van der Waals surface area contributed by atoms with Crippen molar-refractivity contribution in [2.24, 2.45) is 0 Å². The Morgan fingerprint density at radius 2 is 2.03 bits per heavy atom. The van der Waals surface area contributed by atoms with Crippen molar-refractivity contribution in [3.8, 4) is 16.9 Å². The topological polar surface area (TPSA) is 81.4 Å². The molecule has 1 aromatic carbocycles. The van der Waals surface area contributed by atoms with E-state index in [1.807, 2.05) is 45.0 Å². The summed E-state index contributed by atoms with van der Waals surface area (Å²) in [5.41, 5.74) is -0.0602. The number of thiophene rings is 1. The Balaban J connectivity index is 2.49. The van der Waals surface area contributed by atoms with Gasteiger partial charge in [-0.05, 0) is 38.0 Å². The molecule has 7 heteroatoms. The molecule has 0 radical (unpaired) electrons. The first-order valence-electron chi connectivity index (χ1n) is 9.60. The summed E-state index contributed by atoms with van der Waals surface area (Å²) in [6, 6.07) is 7.56. The summed E-state index contributed by atoms with van der Waals surface area (Å²) in [7, 11) is 1.60. The maximum Gasteiger partial charge on any atom is 0.329 e. The Morgan fingerprint density at radius 3 is 2.59 bits per heavy atom. The fraction of sp³-hybridized carbons (Fsp3) is 0.409. The summed E-state index contributed by atoms with van der Waals surface area (Å²) in [6.07, 6.45) is 0.742. The van der Waals surface area contributed by atoms with Crippen LogP contribution in [0.1, 0.15) is 51.2 Å². The van der Waals surface area contributed by atoms with E-state index in [9.17, 15) is 14.7 Å². The average Bonchev–Trinajstić information content (AvgIpc) is 3.06. The summed E-state index contributed by atoms with van der Waals surface area (Å²) in [5, 5.41) is 10.3. The minimum absolute atomic E-state index is 0.0989. The number of fused-ring (bicyclic) bond motifs is 1. The molecule has 1 N–H and O–H groups in total. The van der Waals surface area contributed by atoms with Crippen LogP contribution in [0.2, 0.25) is 0 Å². The molecule has 0 fully saturated rings. The Hall–Kier alpha value is -2.67. The van der Waals surface area contributed by atoms with Crippen molar-refractivity contribution in [1.82, 2.24) is 9.55 Å². The minimum Gasteiger partial charge on any atom is -0.497 e. The third kappa shape index (κ3) is 3.44. The Kier molecular flexibility index (Phi) is 5.54. The summed E-state index contributed by atoms with van der Waals surface area (Å²) >= 11 is 1.49. The fourth-order valence-corrected chi connectivity index (χ4v) is 4.60. The summed E-state index contributed by atoms with van der Waals surface area (Å²) in [6.45, 7) is 8.94. The van der Waals surface area contributed by atoms with E-state index in [0.717, 1.165) is 22.4 Å². The number of carboxylic acid groups (broad SMARTS) is 1. The van der Waals surface area contributed by atoms with Crippen molar-refractivity contribution >= 4 is 27.5 Å². The highest BCUT2D eigenvalue weighted by Gasteiger charge is 2.35. The van der Waals surface area contributed by atoms with Crippen LogP contribution in [0.25, 0.3) is 21.3 Å². The van der Waals surface area contributed by atoms with Crippen LogP contribution in [0, 0.1) is 0 Å². The molecule has 0 bridgehead atoms. The molecule has 2 aromatic heterocycles. The highest BCUT2D eigenvalue weighted by molar-refractivity contribution is 7.19. The first-order valence-corrected chi connectivity index (χ1v) is 10.4. The minimum atomic E-state index is -1.42. The van der Waals surface area contributed by atoms with E-state index in [0.29, 0.717) is 21.8 Å². The summed E-state index contributed by atoms with van der Waals surface area (Å²) < 4.78 is 6.70. The number of hydrogen-bond donors (Lipinski definition) is 1. The number of aliphatic carboxylic acids is 1. The zero-order chi connectivity index (χ0) is 21.5. The molecule has 6 nitrogen and oxygen atoms in total. The molecule has 0 spiro atoms. The highest BCUT2D eigenvalue weighted by atomic mass is 32.1. The predicted molar refractivity (Wildman–Crippen MR) is 116 cm³/mol. The van der Waals surface area contributed by atoms with Gasteiger partial charge in [0.2, 0.25) is 0 Å². The number of aromatic nitrogens is 2. The molecule has 0 atom stereocenters. The zero-order valence-electron chi connectivity index (χ0n) is 17.6. The van der Waals surface area contributed by atoms with Crippen molar-refractivity contribution in [2.45, 2.75) is 52.5 Å². The van der Waals surface area contributed by atoms with Crippen LogP contribution in [0.5, 0.6) is 5.75 Å². The number of carboxylic acids is 1. The van der Waals surface area contributed by atoms with Crippen molar-refractivity contribution in [3.05, 3.63) is 45.3 Å². The van der Waals surface area contributed by atoms with Gasteiger partial charge in [0.05, 0.1) is 12.5 Å². The monoisotopic (exact) mass is 414 g/mol. The zero-order valence-corrected chi connectivity index (χ0v) is 18.4. The van der Waals surface area contributed by atoms with Gasteiger partial charge in [0, 0.05) is 16.4 Å². The van der Waals surface area contributed by atoms with Crippen molar-refractivity contribution in [3.63, 3.8) is 0 Å². The number of carbonyl (C=O) groups is 1. The number of methoxy groups -OCH3 is 1. The van der Waals surface area contributed by atoms with Crippen LogP contribution in [0.3, 0.4) is 0 Å². The van der Waals surface area contributed by atoms with Crippen LogP contribution in [0.4, 0.5) is 0 Å². The molecule has 0 saturated heterocycles. The van der Waals surface area contributed by atoms with Gasteiger partial charge in [0.1, 0.15) is 21.9 Å². The fourth-order valence-electron chi connectivity index (χ4n) is 3.47. The first kappa shape index (κ1) is 21.0. The van der Waals surface area contributed by atoms with Gasteiger partial charge in [-0.2, -0.15) is 0 Å². The number of ether oxygens (including phenoxy) is 1. The number of rotatable bonds is 6. The highest BCUT2D eigenvalue weighted by Crippen LogP contribution is 2.39. The molecule has 3 aromatic rings. The molecular formula is C22H26N2O4S. The van der Waals surface area contributed by atoms with E-state index in [-0.39, 0.29) is 11.5 Å². The normalized spacial score (nSPS) is 12.0. The molecule has 154 valence electrons. The Bertz CT molecular complexity index is 1140. The van der Waals surface area contributed by atoms with Gasteiger partial charge in [-0.1, -0.05) is 32.9 Å². The number of nitrogens with zero attached hydrogens (tertiary/aromatic N) is 2. The van der Waals surface area contributed by atoms with E-state index >= 15 is 0 Å². The van der Waals surface area contributed by atoms with Crippen LogP contribution in [-0.4, -0.2) is 27.7 Å². The van der Waals surface area contributed by atoms with Crippen LogP contribution >= 0.6 is 11.3 Å². The second-order valence-electron chi connectivity index (χ2n) is 7.80. The molecule has 0 saturated carbocycles. The molecule has 0 aliphatic carbocycles. The lowest BCUT2D eigenvalue weighted by molar-refractivity contribution is -0.146. The van der Waals surface area contributed by atoms with E-state index in [1.165, 1.54) is 29.8 Å². The Labute approximate surface area is 173 Å². The lowest BCUT2D eigenvalue weighted by atomic mass is 10.00. The first-order chi connectivity index (χ1) is 13.6. The third-order valence-electron chi connectivity index (χ3n) is 5.10. The van der Waals surface area contributed by atoms with Crippen molar-refractivity contribution in [1.29, 1.82) is 0 Å². The number of aryl methyl sites for hydroxylation is 1. The van der Waals surface area contributed by atoms with E-state index in [1.54, 1.807) is 7.11 Å². The maximum absolute atomic E-state index is 13.7. The van der Waals surface area contributed by atoms with Crippen LogP contribution < -0.4 is 10.3 Å². The maximum atomic E-state index is 13.7. The third-order valence-corrected chi connectivity index (χ3v) is 6.33. The quantitative estimate of drug-likeness (QED) is 0.635. The lowest BCUT2D eigenvalue weighted by Crippen LogP contribution is -2.45. The summed E-state index contributed by atoms with van der Waals surface area (Å²) in [4.78, 5) is 32.2. The van der Waals surface area contributed by atoms with E-state index in [2.05, 4.69) is 0 Å². The lowest BCUT2D eigenvalue weighted by Gasteiger charge is -2.27. The second kappa shape index (κ2) is 7.63. The van der Waals surface area contributed by atoms with Gasteiger partial charge in [-0.3, -0.25) is 9.36 Å². The largest absolute Gasteiger partial charge is 0.497 e. The van der Waals surface area contributed by atoms with Gasteiger partial charge >= 0.3 is 5.97 Å². The molecule has 2 heterocycles. The van der Waals surface area contributed by atoms with Crippen molar-refractivity contribution in [2.75, 3.05) is 7.11 Å². The van der Waals surface area contributed by atoms with Crippen LogP contribution in [0.15, 0.2) is 29.1 Å². The standard InChI is InChI=1S/C22H26N2O4S/c1-7-15-16(13-9-8-10-14(11-13)28-6)17-19(29-15)23-18(12(2)3)24(20(17)25)22(4,5)21(26)27/h8-12H,7H2,1-6H3,(H,26,27). The van der Waals surface area contributed by atoms with Gasteiger partial charge in [-0.25, -0.2) is 9.78 Å². The molecule has 3 rings (SSSR count). The number of hydrogen-bond acceptors (Lipinski definition) is 5. The summed E-state index contributed by atoms with van der Waals surface area (Å²) in [5.74, 6) is 0.00699. The van der Waals surface area contributed by atoms with Gasteiger partial charge in [0.15, 0.2) is 0 Å². The molecule has 0 unspecified atom stereocenters. The molecule has 0 aliphatic heterocycles. The second-order valence-corrected chi connectivity index (χ2v) is 8.88. The number of benzene rings is 1. The molecular weight excluding hydrogens is 388 g/mol. The van der Waals surface area contributed by atoms with E-state index in [4.69, 9.17) is 9.72 Å². The smallest absolute Gasteiger partial charge is 0.329 e. The molecule has 0 aliphatic rings. The molecule has 29 heavy (non-hydrogen) atoms.